The molecule has 0 bridgehead atoms. The lowest BCUT2D eigenvalue weighted by Crippen LogP contribution is -2.24. The second-order valence-corrected chi connectivity index (χ2v) is 5.69. The van der Waals surface area contributed by atoms with E-state index in [0.29, 0.717) is 6.42 Å². The summed E-state index contributed by atoms with van der Waals surface area (Å²) < 4.78 is 4.81. The van der Waals surface area contributed by atoms with Gasteiger partial charge in [-0.25, -0.2) is 0 Å². The lowest BCUT2D eigenvalue weighted by atomic mass is 9.69. The van der Waals surface area contributed by atoms with Crippen LogP contribution in [0, 0.1) is 5.41 Å². The SMILES string of the molecule is COC(=O)CCC(C)(C1=CCCC=C1)C1=CCCC=C1. The second-order valence-electron chi connectivity index (χ2n) is 5.69. The molecule has 0 saturated heterocycles. The third-order valence-corrected chi connectivity index (χ3v) is 4.32. The predicted molar refractivity (Wildman–Crippen MR) is 82.3 cm³/mol. The van der Waals surface area contributed by atoms with E-state index < -0.39 is 0 Å². The highest BCUT2D eigenvalue weighted by Crippen LogP contribution is 2.43. The summed E-state index contributed by atoms with van der Waals surface area (Å²) in [4.78, 5) is 11.5. The molecule has 0 fully saturated rings. The average molecular weight is 272 g/mol. The first-order valence-electron chi connectivity index (χ1n) is 7.48. The van der Waals surface area contributed by atoms with Crippen molar-refractivity contribution in [2.45, 2.75) is 45.4 Å². The number of ether oxygens (including phenoxy) is 1. The van der Waals surface area contributed by atoms with Gasteiger partial charge >= 0.3 is 5.97 Å². The van der Waals surface area contributed by atoms with E-state index in [1.807, 2.05) is 0 Å². The number of methoxy groups -OCH3 is 1. The largest absolute Gasteiger partial charge is 0.469 e. The maximum atomic E-state index is 11.5. The molecule has 2 aliphatic rings. The molecule has 108 valence electrons. The van der Waals surface area contributed by atoms with Gasteiger partial charge in [0.05, 0.1) is 7.11 Å². The maximum Gasteiger partial charge on any atom is 0.305 e. The van der Waals surface area contributed by atoms with E-state index in [1.54, 1.807) is 0 Å². The van der Waals surface area contributed by atoms with Crippen molar-refractivity contribution in [1.29, 1.82) is 0 Å². The standard InChI is InChI=1S/C18H24O2/c1-18(14-13-17(19)20-2,15-9-5-3-6-10-15)16-11-7-4-8-12-16/h5,7,9-12H,3-4,6,8,13-14H2,1-2H3. The van der Waals surface area contributed by atoms with E-state index in [2.05, 4.69) is 43.4 Å². The van der Waals surface area contributed by atoms with Gasteiger partial charge in [0.2, 0.25) is 0 Å². The molecule has 2 heteroatoms. The molecule has 2 rings (SSSR count). The summed E-state index contributed by atoms with van der Waals surface area (Å²) in [5.41, 5.74) is 2.60. The van der Waals surface area contributed by atoms with Crippen LogP contribution in [0.15, 0.2) is 47.6 Å². The topological polar surface area (TPSA) is 26.3 Å². The Kier molecular flexibility index (Phi) is 4.99. The lowest BCUT2D eigenvalue weighted by molar-refractivity contribution is -0.141. The van der Waals surface area contributed by atoms with E-state index in [4.69, 9.17) is 4.74 Å². The van der Waals surface area contributed by atoms with Crippen LogP contribution in [0.1, 0.15) is 45.4 Å². The lowest BCUT2D eigenvalue weighted by Gasteiger charge is -2.34. The van der Waals surface area contributed by atoms with E-state index >= 15 is 0 Å². The van der Waals surface area contributed by atoms with E-state index in [-0.39, 0.29) is 11.4 Å². The van der Waals surface area contributed by atoms with Gasteiger partial charge in [0.25, 0.3) is 0 Å². The van der Waals surface area contributed by atoms with Crippen LogP contribution in [0.2, 0.25) is 0 Å². The molecule has 0 unspecified atom stereocenters. The summed E-state index contributed by atoms with van der Waals surface area (Å²) in [7, 11) is 1.46. The molecule has 0 aromatic rings. The Bertz CT molecular complexity index is 446. The van der Waals surface area contributed by atoms with Crippen LogP contribution in [-0.4, -0.2) is 13.1 Å². The van der Waals surface area contributed by atoms with E-state index in [9.17, 15) is 4.79 Å². The average Bonchev–Trinajstić information content (AvgIpc) is 2.54. The summed E-state index contributed by atoms with van der Waals surface area (Å²) >= 11 is 0. The molecule has 2 nitrogen and oxygen atoms in total. The van der Waals surface area contributed by atoms with Gasteiger partial charge in [-0.2, -0.15) is 0 Å². The number of esters is 1. The molecule has 0 atom stereocenters. The van der Waals surface area contributed by atoms with Gasteiger partial charge in [0, 0.05) is 11.8 Å². The Morgan fingerprint density at radius 1 is 1.10 bits per heavy atom. The Labute approximate surface area is 121 Å². The van der Waals surface area contributed by atoms with Crippen LogP contribution in [0.25, 0.3) is 0 Å². The minimum Gasteiger partial charge on any atom is -0.469 e. The Hall–Kier alpha value is -1.57. The molecule has 0 amide bonds. The van der Waals surface area contributed by atoms with Crippen LogP contribution in [0.5, 0.6) is 0 Å². The van der Waals surface area contributed by atoms with Gasteiger partial charge in [-0.05, 0) is 43.3 Å². The van der Waals surface area contributed by atoms with Crippen LogP contribution >= 0.6 is 0 Å². The van der Waals surface area contributed by atoms with Crippen molar-refractivity contribution >= 4 is 5.97 Å². The minimum absolute atomic E-state index is 0.0813. The maximum absolute atomic E-state index is 11.5. The molecule has 0 spiro atoms. The summed E-state index contributed by atoms with van der Waals surface area (Å²) in [5.74, 6) is -0.128. The Balaban J connectivity index is 2.24. The molecular weight excluding hydrogens is 248 g/mol. The molecule has 20 heavy (non-hydrogen) atoms. The van der Waals surface area contributed by atoms with Crippen molar-refractivity contribution < 1.29 is 9.53 Å². The van der Waals surface area contributed by atoms with Crippen LogP contribution in [-0.2, 0) is 9.53 Å². The van der Waals surface area contributed by atoms with Crippen LogP contribution in [0.4, 0.5) is 0 Å². The predicted octanol–water partition coefficient (Wildman–Crippen LogP) is 4.50. The Morgan fingerprint density at radius 2 is 1.65 bits per heavy atom. The highest BCUT2D eigenvalue weighted by Gasteiger charge is 2.32. The highest BCUT2D eigenvalue weighted by atomic mass is 16.5. The minimum atomic E-state index is -0.128. The fraction of sp³-hybridized carbons (Fsp3) is 0.500. The van der Waals surface area contributed by atoms with Crippen molar-refractivity contribution in [3.05, 3.63) is 47.6 Å². The van der Waals surface area contributed by atoms with E-state index in [0.717, 1.165) is 32.1 Å². The number of allylic oxidation sites excluding steroid dienone is 8. The molecule has 0 N–H and O–H groups in total. The molecule has 0 aromatic heterocycles. The monoisotopic (exact) mass is 272 g/mol. The quantitative estimate of drug-likeness (QED) is 0.689. The molecule has 0 heterocycles. The zero-order valence-electron chi connectivity index (χ0n) is 12.5. The number of rotatable bonds is 5. The molecule has 0 aromatic carbocycles. The molecule has 2 aliphatic carbocycles. The summed E-state index contributed by atoms with van der Waals surface area (Å²) in [6, 6.07) is 0. The highest BCUT2D eigenvalue weighted by molar-refractivity contribution is 5.69. The Morgan fingerprint density at radius 3 is 2.05 bits per heavy atom. The molecule has 0 saturated carbocycles. The summed E-state index contributed by atoms with van der Waals surface area (Å²) in [6.45, 7) is 2.25. The number of hydrogen-bond donors (Lipinski definition) is 0. The smallest absolute Gasteiger partial charge is 0.305 e. The van der Waals surface area contributed by atoms with Crippen molar-refractivity contribution in [3.63, 3.8) is 0 Å². The number of hydrogen-bond acceptors (Lipinski definition) is 2. The van der Waals surface area contributed by atoms with Gasteiger partial charge in [0.1, 0.15) is 0 Å². The van der Waals surface area contributed by atoms with Crippen molar-refractivity contribution in [2.24, 2.45) is 5.41 Å². The summed E-state index contributed by atoms with van der Waals surface area (Å²) in [5, 5.41) is 0. The van der Waals surface area contributed by atoms with Gasteiger partial charge in [-0.15, -0.1) is 0 Å². The van der Waals surface area contributed by atoms with Gasteiger partial charge < -0.3 is 4.74 Å². The molecule has 0 radical (unpaired) electrons. The van der Waals surface area contributed by atoms with Crippen molar-refractivity contribution in [1.82, 2.24) is 0 Å². The third kappa shape index (κ3) is 3.30. The van der Waals surface area contributed by atoms with Crippen molar-refractivity contribution in [2.75, 3.05) is 7.11 Å². The zero-order valence-corrected chi connectivity index (χ0v) is 12.5. The van der Waals surface area contributed by atoms with Crippen LogP contribution < -0.4 is 0 Å². The third-order valence-electron chi connectivity index (χ3n) is 4.32. The molecule has 0 aliphatic heterocycles. The van der Waals surface area contributed by atoms with Crippen LogP contribution in [0.3, 0.4) is 0 Å². The number of carbonyl (C=O) groups is 1. The first-order valence-corrected chi connectivity index (χ1v) is 7.48. The fourth-order valence-corrected chi connectivity index (χ4v) is 2.95. The second kappa shape index (κ2) is 6.74. The molecular formula is C18H24O2. The fourth-order valence-electron chi connectivity index (χ4n) is 2.95. The first-order chi connectivity index (χ1) is 9.66. The van der Waals surface area contributed by atoms with Gasteiger partial charge in [0.15, 0.2) is 0 Å². The normalized spacial score (nSPS) is 18.5. The van der Waals surface area contributed by atoms with Crippen molar-refractivity contribution in [3.8, 4) is 0 Å². The van der Waals surface area contributed by atoms with E-state index in [1.165, 1.54) is 18.3 Å². The van der Waals surface area contributed by atoms with Gasteiger partial charge in [-0.1, -0.05) is 43.4 Å². The zero-order chi connectivity index (χ0) is 14.4. The first kappa shape index (κ1) is 14.8. The summed E-state index contributed by atoms with van der Waals surface area (Å²) in [6.07, 6.45) is 19.2. The number of carbonyl (C=O) groups excluding carboxylic acids is 1. The van der Waals surface area contributed by atoms with Gasteiger partial charge in [-0.3, -0.25) is 4.79 Å².